The first-order valence-electron chi connectivity index (χ1n) is 10.9. The number of halogens is 2. The molecule has 1 amide bonds. The van der Waals surface area contributed by atoms with Crippen molar-refractivity contribution in [3.63, 3.8) is 0 Å². The lowest BCUT2D eigenvalue weighted by Gasteiger charge is -2.35. The highest BCUT2D eigenvalue weighted by Gasteiger charge is 2.28. The summed E-state index contributed by atoms with van der Waals surface area (Å²) >= 11 is 3.29. The molecule has 162 valence electrons. The summed E-state index contributed by atoms with van der Waals surface area (Å²) in [7, 11) is 0. The molecule has 4 aromatic rings. The average molecular weight is 492 g/mol. The lowest BCUT2D eigenvalue weighted by Crippen LogP contribution is -2.38. The van der Waals surface area contributed by atoms with Crippen LogP contribution in [-0.2, 0) is 12.8 Å². The van der Waals surface area contributed by atoms with Gasteiger partial charge in [-0.25, -0.2) is 4.39 Å². The van der Waals surface area contributed by atoms with E-state index in [2.05, 4.69) is 41.1 Å². The fourth-order valence-corrected chi connectivity index (χ4v) is 4.98. The van der Waals surface area contributed by atoms with Crippen molar-refractivity contribution in [2.45, 2.75) is 32.7 Å². The Balaban J connectivity index is 1.54. The fraction of sp³-hybridized carbons (Fsp3) is 0.222. The van der Waals surface area contributed by atoms with Crippen LogP contribution in [0.3, 0.4) is 0 Å². The Hall–Kier alpha value is -2.92. The molecule has 1 aromatic heterocycles. The van der Waals surface area contributed by atoms with Crippen molar-refractivity contribution in [2.24, 2.45) is 0 Å². The molecule has 0 saturated carbocycles. The summed E-state index contributed by atoms with van der Waals surface area (Å²) in [5.74, 6) is 0.124. The first kappa shape index (κ1) is 21.0. The summed E-state index contributed by atoms with van der Waals surface area (Å²) in [6, 6.07) is 18.9. The second-order valence-corrected chi connectivity index (χ2v) is 9.18. The molecule has 5 rings (SSSR count). The third-order valence-electron chi connectivity index (χ3n) is 6.37. The molecule has 0 fully saturated rings. The van der Waals surface area contributed by atoms with Gasteiger partial charge in [0.25, 0.3) is 5.91 Å². The highest BCUT2D eigenvalue weighted by molar-refractivity contribution is 9.10. The van der Waals surface area contributed by atoms with Gasteiger partial charge in [0.15, 0.2) is 0 Å². The van der Waals surface area contributed by atoms with Gasteiger partial charge in [0.2, 0.25) is 0 Å². The largest absolute Gasteiger partial charge is 0.456 e. The average Bonchev–Trinajstić information content (AvgIpc) is 3.22. The molecule has 1 aliphatic rings. The first-order chi connectivity index (χ1) is 15.5. The van der Waals surface area contributed by atoms with Crippen LogP contribution < -0.4 is 0 Å². The van der Waals surface area contributed by atoms with E-state index in [9.17, 15) is 9.18 Å². The van der Waals surface area contributed by atoms with E-state index >= 15 is 0 Å². The number of rotatable bonds is 3. The third-order valence-corrected chi connectivity index (χ3v) is 6.87. The monoisotopic (exact) mass is 491 g/mol. The summed E-state index contributed by atoms with van der Waals surface area (Å²) in [6.45, 7) is 4.81. The molecule has 32 heavy (non-hydrogen) atoms. The van der Waals surface area contributed by atoms with Gasteiger partial charge in [-0.3, -0.25) is 4.79 Å². The second kappa shape index (κ2) is 8.21. The molecule has 5 heteroatoms. The van der Waals surface area contributed by atoms with Crippen molar-refractivity contribution >= 4 is 32.8 Å². The van der Waals surface area contributed by atoms with Gasteiger partial charge in [-0.15, -0.1) is 0 Å². The van der Waals surface area contributed by atoms with Crippen LogP contribution in [0.2, 0.25) is 0 Å². The van der Waals surface area contributed by atoms with Crippen molar-refractivity contribution in [3.05, 3.63) is 93.2 Å². The molecule has 0 unspecified atom stereocenters. The Morgan fingerprint density at radius 2 is 1.97 bits per heavy atom. The minimum absolute atomic E-state index is 0.0150. The maximum atomic E-state index is 14.5. The molecular formula is C27H23BrFNO2. The predicted octanol–water partition coefficient (Wildman–Crippen LogP) is 7.32. The zero-order valence-electron chi connectivity index (χ0n) is 18.0. The summed E-state index contributed by atoms with van der Waals surface area (Å²) in [6.07, 6.45) is 1.57. The van der Waals surface area contributed by atoms with Crippen LogP contribution in [0.1, 0.15) is 46.9 Å². The van der Waals surface area contributed by atoms with Crippen molar-refractivity contribution < 1.29 is 13.6 Å². The summed E-state index contributed by atoms with van der Waals surface area (Å²) < 4.78 is 21.3. The molecular weight excluding hydrogens is 469 g/mol. The number of hydrogen-bond acceptors (Lipinski definition) is 2. The van der Waals surface area contributed by atoms with Crippen LogP contribution in [0.5, 0.6) is 0 Å². The Morgan fingerprint density at radius 1 is 1.16 bits per heavy atom. The molecule has 0 saturated heterocycles. The van der Waals surface area contributed by atoms with Crippen LogP contribution in [0.25, 0.3) is 22.3 Å². The maximum absolute atomic E-state index is 14.5. The van der Waals surface area contributed by atoms with Crippen LogP contribution in [0.15, 0.2) is 69.6 Å². The van der Waals surface area contributed by atoms with Crippen LogP contribution in [0.4, 0.5) is 4.39 Å². The molecule has 0 bridgehead atoms. The van der Waals surface area contributed by atoms with Gasteiger partial charge >= 0.3 is 0 Å². The minimum atomic E-state index is -0.353. The lowest BCUT2D eigenvalue weighted by atomic mass is 9.92. The van der Waals surface area contributed by atoms with E-state index in [0.29, 0.717) is 39.9 Å². The van der Waals surface area contributed by atoms with Gasteiger partial charge in [0, 0.05) is 22.0 Å². The van der Waals surface area contributed by atoms with Gasteiger partial charge in [0.05, 0.1) is 11.6 Å². The SMILES string of the molecule is CCc1cc(C(=O)N2CCc3ccccc3[C@H]2C)cc2cc(-c3ccc(Br)cc3F)oc12. The Morgan fingerprint density at radius 3 is 2.75 bits per heavy atom. The number of aryl methyl sites for hydroxylation is 1. The zero-order chi connectivity index (χ0) is 22.4. The van der Waals surface area contributed by atoms with Crippen molar-refractivity contribution in [1.29, 1.82) is 0 Å². The van der Waals surface area contributed by atoms with Gasteiger partial charge in [0.1, 0.15) is 17.2 Å². The number of hydrogen-bond donors (Lipinski definition) is 0. The molecule has 0 N–H and O–H groups in total. The Labute approximate surface area is 195 Å². The number of furan rings is 1. The molecule has 0 radical (unpaired) electrons. The van der Waals surface area contributed by atoms with Crippen LogP contribution in [-0.4, -0.2) is 17.4 Å². The third kappa shape index (κ3) is 3.55. The molecule has 3 aromatic carbocycles. The van der Waals surface area contributed by atoms with E-state index < -0.39 is 0 Å². The Bertz CT molecular complexity index is 1340. The van der Waals surface area contributed by atoms with E-state index in [1.165, 1.54) is 17.2 Å². The molecule has 0 spiro atoms. The first-order valence-corrected chi connectivity index (χ1v) is 11.7. The quantitative estimate of drug-likeness (QED) is 0.300. The van der Waals surface area contributed by atoms with E-state index in [0.717, 1.165) is 17.4 Å². The number of carbonyl (C=O) groups is 1. The molecule has 2 heterocycles. The zero-order valence-corrected chi connectivity index (χ0v) is 19.6. The molecule has 3 nitrogen and oxygen atoms in total. The van der Waals surface area contributed by atoms with Crippen molar-refractivity contribution in [3.8, 4) is 11.3 Å². The Kier molecular flexibility index (Phi) is 5.38. The number of fused-ring (bicyclic) bond motifs is 2. The van der Waals surface area contributed by atoms with Gasteiger partial charge in [-0.1, -0.05) is 47.1 Å². The van der Waals surface area contributed by atoms with E-state index in [1.54, 1.807) is 12.1 Å². The van der Waals surface area contributed by atoms with Gasteiger partial charge < -0.3 is 9.32 Å². The van der Waals surface area contributed by atoms with Crippen LogP contribution >= 0.6 is 15.9 Å². The number of amides is 1. The number of benzene rings is 3. The number of carbonyl (C=O) groups excluding carboxylic acids is 1. The molecule has 1 atom stereocenters. The molecule has 0 aliphatic carbocycles. The highest BCUT2D eigenvalue weighted by atomic mass is 79.9. The minimum Gasteiger partial charge on any atom is -0.456 e. The van der Waals surface area contributed by atoms with Crippen LogP contribution in [0, 0.1) is 5.82 Å². The normalized spacial score (nSPS) is 15.8. The predicted molar refractivity (Wildman–Crippen MR) is 128 cm³/mol. The number of nitrogens with zero attached hydrogens (tertiary/aromatic N) is 1. The van der Waals surface area contributed by atoms with E-state index in [4.69, 9.17) is 4.42 Å². The summed E-state index contributed by atoms with van der Waals surface area (Å²) in [5, 5.41) is 0.815. The van der Waals surface area contributed by atoms with Crippen molar-refractivity contribution in [1.82, 2.24) is 4.90 Å². The standard InChI is InChI=1S/C27H23BrFNO2/c1-3-17-12-20(27(31)30-11-10-18-6-4-5-7-22(18)16(30)2)13-19-14-25(32-26(17)19)23-9-8-21(28)15-24(23)29/h4-9,12-16H,3,10-11H2,1-2H3/t16-/m1/s1. The van der Waals surface area contributed by atoms with E-state index in [1.807, 2.05) is 36.1 Å². The fourth-order valence-electron chi connectivity index (χ4n) is 4.65. The van der Waals surface area contributed by atoms with Gasteiger partial charge in [-0.05, 0) is 72.9 Å². The summed E-state index contributed by atoms with van der Waals surface area (Å²) in [5.41, 5.74) is 5.22. The van der Waals surface area contributed by atoms with Crippen molar-refractivity contribution in [2.75, 3.05) is 6.54 Å². The highest BCUT2D eigenvalue weighted by Crippen LogP contribution is 2.35. The maximum Gasteiger partial charge on any atom is 0.254 e. The smallest absolute Gasteiger partial charge is 0.254 e. The van der Waals surface area contributed by atoms with E-state index in [-0.39, 0.29) is 17.8 Å². The topological polar surface area (TPSA) is 33.5 Å². The lowest BCUT2D eigenvalue weighted by molar-refractivity contribution is 0.0678. The molecule has 1 aliphatic heterocycles. The summed E-state index contributed by atoms with van der Waals surface area (Å²) in [4.78, 5) is 15.5. The van der Waals surface area contributed by atoms with Gasteiger partial charge in [-0.2, -0.15) is 0 Å². The second-order valence-electron chi connectivity index (χ2n) is 8.27.